The first-order valence-corrected chi connectivity index (χ1v) is 13.8. The van der Waals surface area contributed by atoms with Gasteiger partial charge in [0.2, 0.25) is 0 Å². The molecule has 0 saturated heterocycles. The van der Waals surface area contributed by atoms with Crippen LogP contribution in [-0.4, -0.2) is 9.73 Å². The van der Waals surface area contributed by atoms with E-state index >= 15 is 0 Å². The molecule has 0 spiro atoms. The van der Waals surface area contributed by atoms with Crippen LogP contribution in [0.15, 0.2) is 121 Å². The van der Waals surface area contributed by atoms with Crippen molar-refractivity contribution in [1.29, 1.82) is 0 Å². The van der Waals surface area contributed by atoms with E-state index in [1.807, 2.05) is 6.92 Å². The minimum absolute atomic E-state index is 0. The zero-order valence-corrected chi connectivity index (χ0v) is 21.9. The normalized spacial score (nSPS) is 11.6. The summed E-state index contributed by atoms with van der Waals surface area (Å²) in [6.45, 7) is 1.96. The van der Waals surface area contributed by atoms with Gasteiger partial charge in [0.15, 0.2) is 0 Å². The fourth-order valence-corrected chi connectivity index (χ4v) is 12.1. The number of rotatable bonds is 7. The second-order valence-electron chi connectivity index (χ2n) is 7.41. The molecule has 4 rings (SSSR count). The minimum atomic E-state index is -0.922. The molecule has 0 atom stereocenters. The zero-order valence-electron chi connectivity index (χ0n) is 17.6. The van der Waals surface area contributed by atoms with Crippen LogP contribution in [0.5, 0.6) is 0 Å². The van der Waals surface area contributed by atoms with Gasteiger partial charge in [-0.2, -0.15) is 0 Å². The third kappa shape index (κ3) is 6.03. The first-order chi connectivity index (χ1) is 15.1. The molecule has 5 heteroatoms. The summed E-state index contributed by atoms with van der Waals surface area (Å²) in [5.41, 5.74) is 0. The average molecular weight is 540 g/mol. The van der Waals surface area contributed by atoms with Gasteiger partial charge in [0.25, 0.3) is 0 Å². The first kappa shape index (κ1) is 25.4. The second-order valence-corrected chi connectivity index (χ2v) is 14.2. The molecule has 0 saturated carbocycles. The maximum Gasteiger partial charge on any atom is 2.00 e. The van der Waals surface area contributed by atoms with Crippen LogP contribution in [0.4, 0.5) is 0 Å². The van der Waals surface area contributed by atoms with Gasteiger partial charge in [-0.3, -0.25) is 0 Å². The SMILES string of the molecule is CC(Cl)(Cl)C(P(c1ccccc1)c1ccccc1)P(c1ccccc1)c1ccccc1.[Ni+2]. The van der Waals surface area contributed by atoms with E-state index in [9.17, 15) is 0 Å². The van der Waals surface area contributed by atoms with Gasteiger partial charge in [-0.25, -0.2) is 0 Å². The number of hydrogen-bond donors (Lipinski definition) is 0. The Morgan fingerprint density at radius 1 is 0.500 bits per heavy atom. The molecule has 0 heterocycles. The fourth-order valence-electron chi connectivity index (χ4n) is 3.79. The van der Waals surface area contributed by atoms with E-state index in [1.54, 1.807) is 0 Å². The van der Waals surface area contributed by atoms with Crippen molar-refractivity contribution in [2.75, 3.05) is 0 Å². The topological polar surface area (TPSA) is 0 Å². The predicted octanol–water partition coefficient (Wildman–Crippen LogP) is 6.77. The van der Waals surface area contributed by atoms with Crippen molar-refractivity contribution >= 4 is 60.3 Å². The molecular formula is C27H24Cl2NiP2+2. The van der Waals surface area contributed by atoms with Crippen LogP contribution < -0.4 is 21.2 Å². The van der Waals surface area contributed by atoms with E-state index in [0.29, 0.717) is 0 Å². The summed E-state index contributed by atoms with van der Waals surface area (Å²) >= 11 is 14.2. The molecule has 32 heavy (non-hydrogen) atoms. The van der Waals surface area contributed by atoms with Gasteiger partial charge in [-0.05, 0) is 44.0 Å². The van der Waals surface area contributed by atoms with E-state index in [2.05, 4.69) is 121 Å². The molecule has 0 amide bonds. The molecule has 0 aliphatic heterocycles. The van der Waals surface area contributed by atoms with Crippen molar-refractivity contribution in [3.05, 3.63) is 121 Å². The van der Waals surface area contributed by atoms with E-state index in [-0.39, 0.29) is 21.9 Å². The molecule has 0 aliphatic rings. The van der Waals surface area contributed by atoms with Crippen LogP contribution in [0.3, 0.4) is 0 Å². The van der Waals surface area contributed by atoms with Crippen molar-refractivity contribution in [2.24, 2.45) is 0 Å². The number of halogens is 2. The van der Waals surface area contributed by atoms with E-state index in [4.69, 9.17) is 23.2 Å². The Hall–Kier alpha value is -1.19. The van der Waals surface area contributed by atoms with Gasteiger partial charge in [-0.1, -0.05) is 121 Å². The Kier molecular flexibility index (Phi) is 9.37. The van der Waals surface area contributed by atoms with Gasteiger partial charge in [0.1, 0.15) is 4.33 Å². The molecule has 0 bridgehead atoms. The van der Waals surface area contributed by atoms with Crippen LogP contribution in [0.1, 0.15) is 6.92 Å². The summed E-state index contributed by atoms with van der Waals surface area (Å²) in [6.07, 6.45) is 0. The molecule has 0 fully saturated rings. The predicted molar refractivity (Wildman–Crippen MR) is 142 cm³/mol. The van der Waals surface area contributed by atoms with Crippen LogP contribution in [0.2, 0.25) is 0 Å². The van der Waals surface area contributed by atoms with Crippen LogP contribution >= 0.6 is 39.0 Å². The Labute approximate surface area is 213 Å². The Morgan fingerprint density at radius 3 is 0.906 bits per heavy atom. The number of hydrogen-bond acceptors (Lipinski definition) is 0. The molecule has 0 nitrogen and oxygen atoms in total. The molecule has 0 unspecified atom stereocenters. The van der Waals surface area contributed by atoms with Gasteiger partial charge >= 0.3 is 16.5 Å². The molecule has 0 aromatic heterocycles. The minimum Gasteiger partial charge on any atom is -0.101 e. The summed E-state index contributed by atoms with van der Waals surface area (Å²) in [6, 6.07) is 42.9. The number of alkyl halides is 2. The summed E-state index contributed by atoms with van der Waals surface area (Å²) in [4.78, 5) is 0. The molecule has 164 valence electrons. The zero-order chi connectivity index (χ0) is 21.7. The Morgan fingerprint density at radius 2 is 0.719 bits per heavy atom. The third-order valence-corrected chi connectivity index (χ3v) is 12.9. The number of benzene rings is 4. The fraction of sp³-hybridized carbons (Fsp3) is 0.111. The van der Waals surface area contributed by atoms with Crippen LogP contribution in [0.25, 0.3) is 0 Å². The molecule has 0 aliphatic carbocycles. The second kappa shape index (κ2) is 11.8. The largest absolute Gasteiger partial charge is 2.00 e. The van der Waals surface area contributed by atoms with Crippen molar-refractivity contribution in [1.82, 2.24) is 0 Å². The third-order valence-electron chi connectivity index (χ3n) is 5.08. The smallest absolute Gasteiger partial charge is 0.101 e. The molecule has 4 aromatic carbocycles. The first-order valence-electron chi connectivity index (χ1n) is 10.2. The summed E-state index contributed by atoms with van der Waals surface area (Å²) in [5.74, 6) is 0. The Bertz CT molecular complexity index is 910. The van der Waals surface area contributed by atoms with E-state index < -0.39 is 20.2 Å². The van der Waals surface area contributed by atoms with Gasteiger partial charge in [-0.15, -0.1) is 23.2 Å². The maximum absolute atomic E-state index is 7.09. The van der Waals surface area contributed by atoms with Gasteiger partial charge < -0.3 is 0 Å². The standard InChI is InChI=1S/C27H24Cl2P2.Ni/c1-27(28,29)26(30(22-14-6-2-7-15-22)23-16-8-3-9-17-23)31(24-18-10-4-11-19-24)25-20-12-5-13-21-25;/h2-21,26H,1H3;/q;+2. The monoisotopic (exact) mass is 538 g/mol. The molecule has 0 N–H and O–H groups in total. The molecular weight excluding hydrogens is 516 g/mol. The van der Waals surface area contributed by atoms with Crippen molar-refractivity contribution in [2.45, 2.75) is 16.7 Å². The van der Waals surface area contributed by atoms with Crippen LogP contribution in [0, 0.1) is 0 Å². The maximum atomic E-state index is 7.09. The molecule has 0 radical (unpaired) electrons. The quantitative estimate of drug-likeness (QED) is 0.138. The van der Waals surface area contributed by atoms with Crippen molar-refractivity contribution < 1.29 is 16.5 Å². The summed E-state index contributed by atoms with van der Waals surface area (Å²) in [5, 5.41) is 5.19. The van der Waals surface area contributed by atoms with Crippen LogP contribution in [-0.2, 0) is 16.5 Å². The Balaban J connectivity index is 0.00000289. The van der Waals surface area contributed by atoms with E-state index in [1.165, 1.54) is 21.2 Å². The van der Waals surface area contributed by atoms with Crippen molar-refractivity contribution in [3.63, 3.8) is 0 Å². The van der Waals surface area contributed by atoms with Crippen molar-refractivity contribution in [3.8, 4) is 0 Å². The molecule has 4 aromatic rings. The summed E-state index contributed by atoms with van der Waals surface area (Å²) < 4.78 is -0.922. The summed E-state index contributed by atoms with van der Waals surface area (Å²) in [7, 11) is -1.65. The van der Waals surface area contributed by atoms with E-state index in [0.717, 1.165) is 0 Å². The average Bonchev–Trinajstić information content (AvgIpc) is 2.81. The van der Waals surface area contributed by atoms with Gasteiger partial charge in [0, 0.05) is 5.40 Å². The van der Waals surface area contributed by atoms with Gasteiger partial charge in [0.05, 0.1) is 0 Å².